The molecular formula is C15H18N2O2S2. The van der Waals surface area contributed by atoms with Crippen molar-refractivity contribution in [2.24, 2.45) is 0 Å². The fraction of sp³-hybridized carbons (Fsp3) is 0.333. The average molecular weight is 322 g/mol. The van der Waals surface area contributed by atoms with Crippen LogP contribution < -0.4 is 4.74 Å². The van der Waals surface area contributed by atoms with Gasteiger partial charge in [0.25, 0.3) is 0 Å². The molecule has 1 aromatic carbocycles. The van der Waals surface area contributed by atoms with Gasteiger partial charge in [-0.15, -0.1) is 11.3 Å². The molecule has 0 bridgehead atoms. The van der Waals surface area contributed by atoms with Gasteiger partial charge in [-0.3, -0.25) is 4.79 Å². The number of ether oxygens (including phenoxy) is 1. The van der Waals surface area contributed by atoms with Gasteiger partial charge in [0, 0.05) is 24.2 Å². The topological polar surface area (TPSA) is 45.3 Å². The molecule has 1 heterocycles. The van der Waals surface area contributed by atoms with Crippen molar-refractivity contribution in [2.45, 2.75) is 19.9 Å². The number of carbonyl (C=O) groups is 1. The van der Waals surface area contributed by atoms with Crippen molar-refractivity contribution in [3.05, 3.63) is 44.4 Å². The molecule has 4 nitrogen and oxygen atoms in total. The van der Waals surface area contributed by atoms with Gasteiger partial charge in [0.1, 0.15) is 5.75 Å². The van der Waals surface area contributed by atoms with Crippen LogP contribution in [0.4, 0.5) is 0 Å². The van der Waals surface area contributed by atoms with Crippen molar-refractivity contribution in [1.82, 2.24) is 9.88 Å². The third-order valence-corrected chi connectivity index (χ3v) is 4.55. The Hall–Kier alpha value is -1.66. The summed E-state index contributed by atoms with van der Waals surface area (Å²) in [5.41, 5.74) is 2.02. The molecule has 0 spiro atoms. The Morgan fingerprint density at radius 1 is 1.48 bits per heavy atom. The molecule has 0 saturated carbocycles. The molecule has 0 saturated heterocycles. The smallest absolute Gasteiger partial charge is 0.227 e. The highest BCUT2D eigenvalue weighted by molar-refractivity contribution is 7.73. The van der Waals surface area contributed by atoms with E-state index < -0.39 is 0 Å². The number of hydrogen-bond acceptors (Lipinski definition) is 4. The summed E-state index contributed by atoms with van der Waals surface area (Å²) in [5, 5.41) is 0. The molecule has 21 heavy (non-hydrogen) atoms. The summed E-state index contributed by atoms with van der Waals surface area (Å²) in [6.45, 7) is 2.50. The number of aromatic amines is 1. The molecule has 0 radical (unpaired) electrons. The van der Waals surface area contributed by atoms with Gasteiger partial charge in [-0.1, -0.05) is 12.1 Å². The van der Waals surface area contributed by atoms with Crippen LogP contribution in [-0.4, -0.2) is 29.9 Å². The Kier molecular flexibility index (Phi) is 5.14. The number of amides is 1. The number of aryl methyl sites for hydroxylation is 1. The summed E-state index contributed by atoms with van der Waals surface area (Å²) in [5.74, 6) is 0.874. The molecule has 0 aliphatic heterocycles. The molecular weight excluding hydrogens is 304 g/mol. The maximum absolute atomic E-state index is 12.3. The average Bonchev–Trinajstić information content (AvgIpc) is 2.77. The summed E-state index contributed by atoms with van der Waals surface area (Å²) in [6, 6.07) is 7.74. The van der Waals surface area contributed by atoms with Crippen molar-refractivity contribution in [3.63, 3.8) is 0 Å². The highest BCUT2D eigenvalue weighted by atomic mass is 32.1. The van der Waals surface area contributed by atoms with Gasteiger partial charge in [0.05, 0.1) is 13.5 Å². The monoisotopic (exact) mass is 322 g/mol. The molecule has 0 aliphatic carbocycles. The number of thiazole rings is 1. The van der Waals surface area contributed by atoms with Crippen LogP contribution in [0.3, 0.4) is 0 Å². The Bertz CT molecular complexity index is 691. The zero-order chi connectivity index (χ0) is 15.4. The second kappa shape index (κ2) is 6.87. The number of nitrogens with zero attached hydrogens (tertiary/aromatic N) is 1. The molecule has 0 unspecified atom stereocenters. The van der Waals surface area contributed by atoms with Crippen LogP contribution >= 0.6 is 23.6 Å². The van der Waals surface area contributed by atoms with E-state index in [1.807, 2.05) is 38.2 Å². The molecule has 6 heteroatoms. The first-order chi connectivity index (χ1) is 9.99. The van der Waals surface area contributed by atoms with E-state index in [-0.39, 0.29) is 5.91 Å². The Labute approximate surface area is 133 Å². The summed E-state index contributed by atoms with van der Waals surface area (Å²) >= 11 is 6.56. The van der Waals surface area contributed by atoms with Gasteiger partial charge in [0.2, 0.25) is 5.91 Å². The lowest BCUT2D eigenvalue weighted by Crippen LogP contribution is -2.27. The zero-order valence-corrected chi connectivity index (χ0v) is 13.9. The molecule has 2 aromatic rings. The first-order valence-corrected chi connectivity index (χ1v) is 7.77. The van der Waals surface area contributed by atoms with Crippen LogP contribution in [0.25, 0.3) is 0 Å². The van der Waals surface area contributed by atoms with Gasteiger partial charge in [-0.2, -0.15) is 0 Å². The summed E-state index contributed by atoms with van der Waals surface area (Å²) < 4.78 is 5.91. The number of nitrogens with one attached hydrogen (secondary N) is 1. The third kappa shape index (κ3) is 4.15. The first-order valence-electron chi connectivity index (χ1n) is 6.55. The minimum Gasteiger partial charge on any atom is -0.497 e. The molecule has 0 fully saturated rings. The van der Waals surface area contributed by atoms with Gasteiger partial charge in [-0.25, -0.2) is 0 Å². The highest BCUT2D eigenvalue weighted by Gasteiger charge is 2.13. The van der Waals surface area contributed by atoms with Crippen LogP contribution in [0.15, 0.2) is 24.3 Å². The number of hydrogen-bond donors (Lipinski definition) is 1. The summed E-state index contributed by atoms with van der Waals surface area (Å²) in [7, 11) is 3.44. The lowest BCUT2D eigenvalue weighted by Gasteiger charge is -2.17. The van der Waals surface area contributed by atoms with E-state index >= 15 is 0 Å². The largest absolute Gasteiger partial charge is 0.497 e. The number of methoxy groups -OCH3 is 1. The van der Waals surface area contributed by atoms with E-state index in [0.717, 1.165) is 21.9 Å². The number of carbonyl (C=O) groups excluding carboxylic acids is 1. The van der Waals surface area contributed by atoms with Crippen molar-refractivity contribution in [1.29, 1.82) is 0 Å². The van der Waals surface area contributed by atoms with E-state index in [4.69, 9.17) is 17.0 Å². The van der Waals surface area contributed by atoms with E-state index in [2.05, 4.69) is 4.98 Å². The second-order valence-electron chi connectivity index (χ2n) is 4.84. The van der Waals surface area contributed by atoms with Gasteiger partial charge in [0.15, 0.2) is 3.95 Å². The molecule has 1 amide bonds. The number of aromatic nitrogens is 1. The highest BCUT2D eigenvalue weighted by Crippen LogP contribution is 2.17. The van der Waals surface area contributed by atoms with E-state index in [0.29, 0.717) is 16.9 Å². The van der Waals surface area contributed by atoms with Crippen molar-refractivity contribution in [2.75, 3.05) is 14.2 Å². The molecule has 1 aromatic heterocycles. The molecule has 112 valence electrons. The number of likely N-dealkylation sites (N-methyl/N-ethyl adjacent to an activating group) is 1. The maximum atomic E-state index is 12.3. The Balaban J connectivity index is 2.02. The Morgan fingerprint density at radius 2 is 2.24 bits per heavy atom. The molecule has 0 aliphatic rings. The van der Waals surface area contributed by atoms with E-state index in [9.17, 15) is 4.79 Å². The van der Waals surface area contributed by atoms with E-state index in [1.165, 1.54) is 11.3 Å². The predicted molar refractivity (Wildman–Crippen MR) is 87.4 cm³/mol. The number of benzene rings is 1. The lowest BCUT2D eigenvalue weighted by molar-refractivity contribution is -0.129. The minimum absolute atomic E-state index is 0.0752. The van der Waals surface area contributed by atoms with Crippen LogP contribution in [-0.2, 0) is 17.8 Å². The number of rotatable bonds is 5. The van der Waals surface area contributed by atoms with Crippen LogP contribution in [0, 0.1) is 10.9 Å². The molecule has 0 atom stereocenters. The number of H-pyrrole nitrogens is 1. The Morgan fingerprint density at radius 3 is 2.86 bits per heavy atom. The second-order valence-corrected chi connectivity index (χ2v) is 6.61. The SMILES string of the molecule is COc1cccc(CN(C)C(=O)Cc2sc(=S)[nH]c2C)c1. The first kappa shape index (κ1) is 15.7. The standard InChI is InChI=1S/C15H18N2O2S2/c1-10-13(21-15(20)16-10)8-14(18)17(2)9-11-5-4-6-12(7-11)19-3/h4-7H,8-9H2,1-3H3,(H,16,20). The fourth-order valence-corrected chi connectivity index (χ4v) is 3.29. The van der Waals surface area contributed by atoms with Crippen molar-refractivity contribution >= 4 is 29.5 Å². The maximum Gasteiger partial charge on any atom is 0.227 e. The minimum atomic E-state index is 0.0752. The summed E-state index contributed by atoms with van der Waals surface area (Å²) in [4.78, 5) is 18.1. The quantitative estimate of drug-likeness (QED) is 0.859. The van der Waals surface area contributed by atoms with Crippen LogP contribution in [0.2, 0.25) is 0 Å². The fourth-order valence-electron chi connectivity index (χ4n) is 2.01. The van der Waals surface area contributed by atoms with Crippen molar-refractivity contribution in [3.8, 4) is 5.75 Å². The van der Waals surface area contributed by atoms with E-state index in [1.54, 1.807) is 12.0 Å². The van der Waals surface area contributed by atoms with Crippen molar-refractivity contribution < 1.29 is 9.53 Å². The molecule has 1 N–H and O–H groups in total. The van der Waals surface area contributed by atoms with Crippen LogP contribution in [0.1, 0.15) is 16.1 Å². The van der Waals surface area contributed by atoms with Crippen LogP contribution in [0.5, 0.6) is 5.75 Å². The summed E-state index contributed by atoms with van der Waals surface area (Å²) in [6.07, 6.45) is 0.379. The lowest BCUT2D eigenvalue weighted by atomic mass is 10.2. The predicted octanol–water partition coefficient (Wildman–Crippen LogP) is 3.32. The normalized spacial score (nSPS) is 10.4. The zero-order valence-electron chi connectivity index (χ0n) is 12.3. The molecule has 2 rings (SSSR count). The third-order valence-electron chi connectivity index (χ3n) is 3.22. The van der Waals surface area contributed by atoms with Gasteiger partial charge < -0.3 is 14.6 Å². The van der Waals surface area contributed by atoms with Gasteiger partial charge >= 0.3 is 0 Å². The van der Waals surface area contributed by atoms with Gasteiger partial charge in [-0.05, 0) is 36.8 Å².